The number of primary amides is 1. The van der Waals surface area contributed by atoms with Gasteiger partial charge in [0.15, 0.2) is 0 Å². The number of carbonyl (C=O) groups is 2. The number of hydrogen-bond acceptors (Lipinski definition) is 3. The van der Waals surface area contributed by atoms with Gasteiger partial charge < -0.3 is 16.4 Å². The summed E-state index contributed by atoms with van der Waals surface area (Å²) in [4.78, 5) is 23.0. The van der Waals surface area contributed by atoms with Crippen molar-refractivity contribution in [2.45, 2.75) is 25.8 Å². The summed E-state index contributed by atoms with van der Waals surface area (Å²) in [5.41, 5.74) is 5.87. The Morgan fingerprint density at radius 1 is 1.37 bits per heavy atom. The van der Waals surface area contributed by atoms with Gasteiger partial charge in [0, 0.05) is 6.54 Å². The first-order chi connectivity index (χ1) is 9.04. The molecule has 0 saturated carbocycles. The molecule has 6 heteroatoms. The number of para-hydroxylation sites is 1. The molecule has 0 spiro atoms. The van der Waals surface area contributed by atoms with E-state index in [2.05, 4.69) is 10.6 Å². The van der Waals surface area contributed by atoms with Crippen LogP contribution in [0.5, 0.6) is 0 Å². The van der Waals surface area contributed by atoms with Gasteiger partial charge in [-0.15, -0.1) is 0 Å². The van der Waals surface area contributed by atoms with Crippen molar-refractivity contribution >= 4 is 29.1 Å². The second kappa shape index (κ2) is 7.63. The third-order valence-corrected chi connectivity index (χ3v) is 2.84. The molecule has 19 heavy (non-hydrogen) atoms. The number of halogens is 1. The van der Waals surface area contributed by atoms with Crippen molar-refractivity contribution in [3.63, 3.8) is 0 Å². The number of carbonyl (C=O) groups excluding carboxylic acids is 2. The number of anilines is 1. The third-order valence-electron chi connectivity index (χ3n) is 2.51. The maximum atomic E-state index is 11.6. The van der Waals surface area contributed by atoms with Crippen LogP contribution >= 0.6 is 11.6 Å². The van der Waals surface area contributed by atoms with Crippen molar-refractivity contribution < 1.29 is 9.59 Å². The van der Waals surface area contributed by atoms with Crippen LogP contribution in [0.1, 0.15) is 19.8 Å². The van der Waals surface area contributed by atoms with Crippen LogP contribution in [-0.2, 0) is 9.59 Å². The maximum Gasteiger partial charge on any atom is 0.240 e. The highest BCUT2D eigenvalue weighted by Gasteiger charge is 2.19. The van der Waals surface area contributed by atoms with Gasteiger partial charge in [0.05, 0.1) is 17.1 Å². The van der Waals surface area contributed by atoms with Crippen LogP contribution in [0.25, 0.3) is 0 Å². The Labute approximate surface area is 117 Å². The van der Waals surface area contributed by atoms with Crippen LogP contribution in [0.2, 0.25) is 5.02 Å². The van der Waals surface area contributed by atoms with E-state index in [1.54, 1.807) is 24.3 Å². The minimum absolute atomic E-state index is 0.0133. The van der Waals surface area contributed by atoms with E-state index in [1.165, 1.54) is 0 Å². The van der Waals surface area contributed by atoms with Gasteiger partial charge in [-0.1, -0.05) is 30.7 Å². The van der Waals surface area contributed by atoms with Crippen molar-refractivity contribution in [3.8, 4) is 0 Å². The summed E-state index contributed by atoms with van der Waals surface area (Å²) in [6.07, 6.45) is 0.825. The summed E-state index contributed by atoms with van der Waals surface area (Å²) in [5.74, 6) is -0.809. The second-order valence-electron chi connectivity index (χ2n) is 4.13. The van der Waals surface area contributed by atoms with E-state index >= 15 is 0 Å². The fraction of sp³-hybridized carbons (Fsp3) is 0.385. The number of amides is 2. The number of rotatable bonds is 7. The fourth-order valence-electron chi connectivity index (χ4n) is 1.51. The molecule has 104 valence electrons. The predicted molar refractivity (Wildman–Crippen MR) is 76.0 cm³/mol. The highest BCUT2D eigenvalue weighted by molar-refractivity contribution is 6.33. The van der Waals surface area contributed by atoms with Gasteiger partial charge in [0.1, 0.15) is 6.04 Å². The Morgan fingerprint density at radius 3 is 2.63 bits per heavy atom. The summed E-state index contributed by atoms with van der Waals surface area (Å²) < 4.78 is 0. The number of hydrogen-bond donors (Lipinski definition) is 3. The lowest BCUT2D eigenvalue weighted by molar-refractivity contribution is -0.125. The van der Waals surface area contributed by atoms with Gasteiger partial charge in [-0.05, 0) is 18.6 Å². The maximum absolute atomic E-state index is 11.6. The molecule has 0 aliphatic heterocycles. The Morgan fingerprint density at radius 2 is 2.05 bits per heavy atom. The normalized spacial score (nSPS) is 11.7. The van der Waals surface area contributed by atoms with Crippen LogP contribution in [-0.4, -0.2) is 24.4 Å². The molecule has 1 unspecified atom stereocenters. The van der Waals surface area contributed by atoms with Gasteiger partial charge in [-0.25, -0.2) is 0 Å². The SMILES string of the molecule is CCCNC(=O)CC(Nc1ccccc1Cl)C(N)=O. The van der Waals surface area contributed by atoms with Gasteiger partial charge in [-0.2, -0.15) is 0 Å². The first-order valence-electron chi connectivity index (χ1n) is 6.11. The van der Waals surface area contributed by atoms with E-state index in [4.69, 9.17) is 17.3 Å². The standard InChI is InChI=1S/C13H18ClN3O2/c1-2-7-16-12(18)8-11(13(15)19)17-10-6-4-3-5-9(10)14/h3-6,11,17H,2,7-8H2,1H3,(H2,15,19)(H,16,18). The van der Waals surface area contributed by atoms with E-state index in [0.29, 0.717) is 17.3 Å². The number of nitrogens with one attached hydrogen (secondary N) is 2. The van der Waals surface area contributed by atoms with Gasteiger partial charge in [0.2, 0.25) is 11.8 Å². The van der Waals surface area contributed by atoms with E-state index in [9.17, 15) is 9.59 Å². The van der Waals surface area contributed by atoms with Crippen LogP contribution in [0, 0.1) is 0 Å². The van der Waals surface area contributed by atoms with E-state index in [-0.39, 0.29) is 12.3 Å². The molecule has 2 amide bonds. The smallest absolute Gasteiger partial charge is 0.240 e. The molecule has 1 rings (SSSR count). The molecule has 0 aliphatic carbocycles. The van der Waals surface area contributed by atoms with E-state index < -0.39 is 11.9 Å². The monoisotopic (exact) mass is 283 g/mol. The predicted octanol–water partition coefficient (Wildman–Crippen LogP) is 1.52. The third kappa shape index (κ3) is 5.18. The van der Waals surface area contributed by atoms with Gasteiger partial charge in [0.25, 0.3) is 0 Å². The van der Waals surface area contributed by atoms with Crippen LogP contribution in [0.15, 0.2) is 24.3 Å². The lowest BCUT2D eigenvalue weighted by Gasteiger charge is -2.17. The molecule has 1 aromatic rings. The van der Waals surface area contributed by atoms with E-state index in [0.717, 1.165) is 6.42 Å². The van der Waals surface area contributed by atoms with Crippen molar-refractivity contribution in [3.05, 3.63) is 29.3 Å². The number of benzene rings is 1. The molecule has 0 bridgehead atoms. The molecule has 5 nitrogen and oxygen atoms in total. The Balaban J connectivity index is 2.66. The zero-order valence-corrected chi connectivity index (χ0v) is 11.5. The average molecular weight is 284 g/mol. The summed E-state index contributed by atoms with van der Waals surface area (Å²) in [5, 5.41) is 6.06. The fourth-order valence-corrected chi connectivity index (χ4v) is 1.70. The summed E-state index contributed by atoms with van der Waals surface area (Å²) in [6, 6.07) is 6.20. The topological polar surface area (TPSA) is 84.2 Å². The molecule has 0 heterocycles. The van der Waals surface area contributed by atoms with Crippen LogP contribution in [0.3, 0.4) is 0 Å². The lowest BCUT2D eigenvalue weighted by Crippen LogP contribution is -2.40. The van der Waals surface area contributed by atoms with Gasteiger partial charge in [-0.3, -0.25) is 9.59 Å². The molecule has 0 aliphatic rings. The first-order valence-corrected chi connectivity index (χ1v) is 6.49. The minimum atomic E-state index is -0.781. The summed E-state index contributed by atoms with van der Waals surface area (Å²) >= 11 is 5.98. The largest absolute Gasteiger partial charge is 0.372 e. The highest BCUT2D eigenvalue weighted by Crippen LogP contribution is 2.21. The molecule has 0 radical (unpaired) electrons. The molecule has 1 aromatic carbocycles. The Kier molecular flexibility index (Phi) is 6.15. The zero-order valence-electron chi connectivity index (χ0n) is 10.8. The van der Waals surface area contributed by atoms with Gasteiger partial charge >= 0.3 is 0 Å². The van der Waals surface area contributed by atoms with Crippen molar-refractivity contribution in [2.75, 3.05) is 11.9 Å². The Bertz CT molecular complexity index is 451. The Hall–Kier alpha value is -1.75. The number of nitrogens with two attached hydrogens (primary N) is 1. The molecule has 0 aromatic heterocycles. The molecular weight excluding hydrogens is 266 g/mol. The second-order valence-corrected chi connectivity index (χ2v) is 4.54. The molecule has 0 saturated heterocycles. The van der Waals surface area contributed by atoms with Crippen LogP contribution in [0.4, 0.5) is 5.69 Å². The highest BCUT2D eigenvalue weighted by atomic mass is 35.5. The van der Waals surface area contributed by atoms with Crippen molar-refractivity contribution in [1.82, 2.24) is 5.32 Å². The molecule has 4 N–H and O–H groups in total. The van der Waals surface area contributed by atoms with Crippen LogP contribution < -0.4 is 16.4 Å². The zero-order chi connectivity index (χ0) is 14.3. The van der Waals surface area contributed by atoms with E-state index in [1.807, 2.05) is 6.92 Å². The summed E-state index contributed by atoms with van der Waals surface area (Å²) in [6.45, 7) is 2.53. The first kappa shape index (κ1) is 15.3. The molecular formula is C13H18ClN3O2. The molecule has 1 atom stereocenters. The lowest BCUT2D eigenvalue weighted by atomic mass is 10.1. The molecule has 0 fully saturated rings. The van der Waals surface area contributed by atoms with Crippen molar-refractivity contribution in [1.29, 1.82) is 0 Å². The minimum Gasteiger partial charge on any atom is -0.372 e. The quantitative estimate of drug-likeness (QED) is 0.709. The van der Waals surface area contributed by atoms with Crippen molar-refractivity contribution in [2.24, 2.45) is 5.73 Å². The average Bonchev–Trinajstić information content (AvgIpc) is 2.38. The summed E-state index contributed by atoms with van der Waals surface area (Å²) in [7, 11) is 0.